The minimum absolute atomic E-state index is 0.104. The maximum atomic E-state index is 13.0. The van der Waals surface area contributed by atoms with Gasteiger partial charge in [-0.2, -0.15) is 0 Å². The molecule has 0 saturated carbocycles. The number of aromatic amines is 1. The average molecular weight is 307 g/mol. The fourth-order valence-corrected chi connectivity index (χ4v) is 1.92. The number of aromatic nitrogens is 4. The molecule has 0 aliphatic carbocycles. The van der Waals surface area contributed by atoms with Gasteiger partial charge in [-0.1, -0.05) is 11.6 Å². The summed E-state index contributed by atoms with van der Waals surface area (Å²) in [5.74, 6) is -0.0522. The zero-order valence-corrected chi connectivity index (χ0v) is 11.2. The maximum absolute atomic E-state index is 13.0. The first-order chi connectivity index (χ1) is 10.1. The molecule has 1 aromatic heterocycles. The van der Waals surface area contributed by atoms with Crippen LogP contribution in [-0.2, 0) is 0 Å². The Hall–Kier alpha value is -2.67. The number of halogens is 2. The second-order valence-corrected chi connectivity index (χ2v) is 4.54. The van der Waals surface area contributed by atoms with Crippen molar-refractivity contribution in [3.8, 4) is 28.6 Å². The first kappa shape index (κ1) is 13.3. The van der Waals surface area contributed by atoms with E-state index >= 15 is 0 Å². The number of ether oxygens (including phenoxy) is 1. The molecule has 6 nitrogen and oxygen atoms in total. The number of phenols is 1. The van der Waals surface area contributed by atoms with Gasteiger partial charge in [0.15, 0.2) is 17.3 Å². The normalized spacial score (nSPS) is 10.6. The molecule has 0 spiro atoms. The zero-order chi connectivity index (χ0) is 14.8. The van der Waals surface area contributed by atoms with E-state index in [1.165, 1.54) is 12.1 Å². The van der Waals surface area contributed by atoms with Crippen LogP contribution in [0.25, 0.3) is 11.4 Å². The number of nitrogens with one attached hydrogen (secondary N) is 1. The number of phenolic OH excluding ortho intramolecular Hbond substituents is 1. The molecule has 8 heteroatoms. The monoisotopic (exact) mass is 306 g/mol. The SMILES string of the molecule is Oc1cc(F)ccc1Oc1ccc(Cl)cc1-c1nnn[nH]1. The molecule has 1 heterocycles. The fraction of sp³-hybridized carbons (Fsp3) is 0. The number of aromatic hydroxyl groups is 1. The van der Waals surface area contributed by atoms with Crippen molar-refractivity contribution in [2.45, 2.75) is 0 Å². The van der Waals surface area contributed by atoms with E-state index in [-0.39, 0.29) is 11.5 Å². The highest BCUT2D eigenvalue weighted by Gasteiger charge is 2.13. The van der Waals surface area contributed by atoms with Crippen LogP contribution >= 0.6 is 11.6 Å². The van der Waals surface area contributed by atoms with Crippen LogP contribution in [0.3, 0.4) is 0 Å². The molecule has 0 fully saturated rings. The predicted molar refractivity (Wildman–Crippen MR) is 72.8 cm³/mol. The smallest absolute Gasteiger partial charge is 0.183 e. The van der Waals surface area contributed by atoms with E-state index in [2.05, 4.69) is 20.6 Å². The van der Waals surface area contributed by atoms with E-state index in [1.807, 2.05) is 0 Å². The molecule has 106 valence electrons. The summed E-state index contributed by atoms with van der Waals surface area (Å²) in [5, 5.41) is 23.5. The van der Waals surface area contributed by atoms with Crippen molar-refractivity contribution >= 4 is 11.6 Å². The van der Waals surface area contributed by atoms with Gasteiger partial charge in [0.25, 0.3) is 0 Å². The molecule has 2 aromatic carbocycles. The highest BCUT2D eigenvalue weighted by Crippen LogP contribution is 2.36. The van der Waals surface area contributed by atoms with Gasteiger partial charge in [-0.3, -0.25) is 0 Å². The van der Waals surface area contributed by atoms with Gasteiger partial charge in [0, 0.05) is 11.1 Å². The van der Waals surface area contributed by atoms with E-state index in [9.17, 15) is 9.50 Å². The third-order valence-corrected chi connectivity index (χ3v) is 2.92. The molecule has 21 heavy (non-hydrogen) atoms. The molecule has 3 aromatic rings. The molecule has 0 saturated heterocycles. The highest BCUT2D eigenvalue weighted by molar-refractivity contribution is 6.30. The number of tetrazole rings is 1. The van der Waals surface area contributed by atoms with Gasteiger partial charge in [0.1, 0.15) is 11.6 Å². The van der Waals surface area contributed by atoms with E-state index in [4.69, 9.17) is 16.3 Å². The van der Waals surface area contributed by atoms with Gasteiger partial charge >= 0.3 is 0 Å². The van der Waals surface area contributed by atoms with E-state index < -0.39 is 5.82 Å². The van der Waals surface area contributed by atoms with Gasteiger partial charge in [-0.05, 0) is 40.8 Å². The van der Waals surface area contributed by atoms with Crippen LogP contribution in [0.15, 0.2) is 36.4 Å². The van der Waals surface area contributed by atoms with Crippen molar-refractivity contribution < 1.29 is 14.2 Å². The molecule has 0 aliphatic rings. The molecule has 0 aliphatic heterocycles. The van der Waals surface area contributed by atoms with Crippen LogP contribution in [0.5, 0.6) is 17.2 Å². The second kappa shape index (κ2) is 5.37. The van der Waals surface area contributed by atoms with Crippen LogP contribution in [-0.4, -0.2) is 25.7 Å². The quantitative estimate of drug-likeness (QED) is 0.776. The van der Waals surface area contributed by atoms with E-state index in [0.717, 1.165) is 6.07 Å². The van der Waals surface area contributed by atoms with Crippen molar-refractivity contribution in [3.63, 3.8) is 0 Å². The number of hydrogen-bond acceptors (Lipinski definition) is 5. The lowest BCUT2D eigenvalue weighted by molar-refractivity contribution is 0.408. The Morgan fingerprint density at radius 2 is 1.95 bits per heavy atom. The van der Waals surface area contributed by atoms with Gasteiger partial charge in [-0.15, -0.1) is 5.10 Å². The lowest BCUT2D eigenvalue weighted by atomic mass is 10.2. The third kappa shape index (κ3) is 2.77. The molecule has 0 bridgehead atoms. The van der Waals surface area contributed by atoms with Crippen LogP contribution < -0.4 is 4.74 Å². The van der Waals surface area contributed by atoms with Gasteiger partial charge in [0.2, 0.25) is 0 Å². The van der Waals surface area contributed by atoms with Crippen LogP contribution in [0.2, 0.25) is 5.02 Å². The number of hydrogen-bond donors (Lipinski definition) is 2. The summed E-state index contributed by atoms with van der Waals surface area (Å²) >= 11 is 5.95. The summed E-state index contributed by atoms with van der Waals surface area (Å²) in [4.78, 5) is 0. The minimum atomic E-state index is -0.560. The summed E-state index contributed by atoms with van der Waals surface area (Å²) in [6.07, 6.45) is 0. The Morgan fingerprint density at radius 3 is 2.67 bits per heavy atom. The predicted octanol–water partition coefficient (Wildman–Crippen LogP) is 3.16. The van der Waals surface area contributed by atoms with E-state index in [0.29, 0.717) is 22.2 Å². The molecule has 3 rings (SSSR count). The molecular weight excluding hydrogens is 299 g/mol. The number of nitrogens with zero attached hydrogens (tertiary/aromatic N) is 3. The Bertz CT molecular complexity index is 780. The standard InChI is InChI=1S/C13H8ClFN4O2/c14-7-1-3-11(9(5-7)13-16-18-19-17-13)21-12-4-2-8(15)6-10(12)20/h1-6,20H,(H,16,17,18,19). The van der Waals surface area contributed by atoms with Crippen molar-refractivity contribution in [3.05, 3.63) is 47.2 Å². The molecule has 0 radical (unpaired) electrons. The fourth-order valence-electron chi connectivity index (χ4n) is 1.74. The second-order valence-electron chi connectivity index (χ2n) is 4.10. The maximum Gasteiger partial charge on any atom is 0.183 e. The van der Waals surface area contributed by atoms with Crippen molar-refractivity contribution in [2.75, 3.05) is 0 Å². The summed E-state index contributed by atoms with van der Waals surface area (Å²) in [5.41, 5.74) is 0.510. The molecule has 2 N–H and O–H groups in total. The van der Waals surface area contributed by atoms with Crippen molar-refractivity contribution in [1.29, 1.82) is 0 Å². The Labute approximate surface area is 123 Å². The summed E-state index contributed by atoms with van der Waals surface area (Å²) < 4.78 is 18.6. The zero-order valence-electron chi connectivity index (χ0n) is 10.4. The first-order valence-corrected chi connectivity index (χ1v) is 6.21. The number of rotatable bonds is 3. The van der Waals surface area contributed by atoms with Crippen molar-refractivity contribution in [1.82, 2.24) is 20.6 Å². The lowest BCUT2D eigenvalue weighted by Gasteiger charge is -2.11. The largest absolute Gasteiger partial charge is 0.504 e. The minimum Gasteiger partial charge on any atom is -0.504 e. The topological polar surface area (TPSA) is 83.9 Å². The van der Waals surface area contributed by atoms with Crippen LogP contribution in [0.4, 0.5) is 4.39 Å². The van der Waals surface area contributed by atoms with Gasteiger partial charge in [-0.25, -0.2) is 9.49 Å². The summed E-state index contributed by atoms with van der Waals surface area (Å²) in [6.45, 7) is 0. The van der Waals surface area contributed by atoms with Gasteiger partial charge in [0.05, 0.1) is 5.56 Å². The first-order valence-electron chi connectivity index (χ1n) is 5.83. The Morgan fingerprint density at radius 1 is 1.14 bits per heavy atom. The average Bonchev–Trinajstić information content (AvgIpc) is 2.97. The summed E-state index contributed by atoms with van der Waals surface area (Å²) in [7, 11) is 0. The molecular formula is C13H8ClFN4O2. The number of benzene rings is 2. The highest BCUT2D eigenvalue weighted by atomic mass is 35.5. The third-order valence-electron chi connectivity index (χ3n) is 2.68. The molecule has 0 unspecified atom stereocenters. The molecule has 0 atom stereocenters. The number of H-pyrrole nitrogens is 1. The Kier molecular flexibility index (Phi) is 3.41. The van der Waals surface area contributed by atoms with Crippen LogP contribution in [0, 0.1) is 5.82 Å². The molecule has 0 amide bonds. The van der Waals surface area contributed by atoms with Crippen LogP contribution in [0.1, 0.15) is 0 Å². The van der Waals surface area contributed by atoms with E-state index in [1.54, 1.807) is 18.2 Å². The van der Waals surface area contributed by atoms with Gasteiger partial charge < -0.3 is 9.84 Å². The summed E-state index contributed by atoms with van der Waals surface area (Å²) in [6, 6.07) is 8.29. The lowest BCUT2D eigenvalue weighted by Crippen LogP contribution is -1.91. The Balaban J connectivity index is 2.03. The van der Waals surface area contributed by atoms with Crippen molar-refractivity contribution in [2.24, 2.45) is 0 Å².